The van der Waals surface area contributed by atoms with Crippen LogP contribution in [0, 0.1) is 0 Å². The molecule has 1 aliphatic heterocycles. The van der Waals surface area contributed by atoms with Gasteiger partial charge in [-0.2, -0.15) is 8.42 Å². The first kappa shape index (κ1) is 18.6. The Hall–Kier alpha value is -2.17. The predicted octanol–water partition coefficient (Wildman–Crippen LogP) is 2.15. The summed E-state index contributed by atoms with van der Waals surface area (Å²) in [5, 5.41) is 0. The van der Waals surface area contributed by atoms with Gasteiger partial charge in [-0.05, 0) is 6.08 Å². The van der Waals surface area contributed by atoms with E-state index in [9.17, 15) is 13.2 Å². The third-order valence-corrected chi connectivity index (χ3v) is 5.40. The van der Waals surface area contributed by atoms with Crippen molar-refractivity contribution in [1.29, 1.82) is 0 Å². The molecule has 1 fully saturated rings. The van der Waals surface area contributed by atoms with Crippen LogP contribution in [0.4, 0.5) is 4.79 Å². The molecule has 1 aliphatic rings. The van der Waals surface area contributed by atoms with E-state index in [1.54, 1.807) is 23.9 Å². The first-order chi connectivity index (χ1) is 12.4. The van der Waals surface area contributed by atoms with Crippen molar-refractivity contribution in [3.8, 4) is 0 Å². The first-order valence-electron chi connectivity index (χ1n) is 7.88. The SMILES string of the molecule is C=CCOC(=O)N1C[C@H](OS(C)(=O)=O)C[C@H]1/C=C/c1cn2cncc2s1. The second kappa shape index (κ2) is 7.60. The van der Waals surface area contributed by atoms with Crippen molar-refractivity contribution in [1.82, 2.24) is 14.3 Å². The Balaban J connectivity index is 1.75. The average Bonchev–Trinajstić information content (AvgIpc) is 3.23. The van der Waals surface area contributed by atoms with Crippen LogP contribution in [0.1, 0.15) is 11.3 Å². The fourth-order valence-corrected chi connectivity index (χ4v) is 4.29. The lowest BCUT2D eigenvalue weighted by Gasteiger charge is -2.20. The van der Waals surface area contributed by atoms with Gasteiger partial charge in [0.25, 0.3) is 10.1 Å². The van der Waals surface area contributed by atoms with Crippen molar-refractivity contribution in [2.75, 3.05) is 19.4 Å². The highest BCUT2D eigenvalue weighted by molar-refractivity contribution is 7.86. The number of thiazole rings is 1. The van der Waals surface area contributed by atoms with Crippen molar-refractivity contribution < 1.29 is 22.1 Å². The van der Waals surface area contributed by atoms with E-state index in [0.717, 1.165) is 16.0 Å². The predicted molar refractivity (Wildman–Crippen MR) is 98.5 cm³/mol. The maximum atomic E-state index is 12.2. The minimum absolute atomic E-state index is 0.0901. The molecule has 0 unspecified atom stereocenters. The van der Waals surface area contributed by atoms with Gasteiger partial charge in [0.1, 0.15) is 11.4 Å². The Kier molecular flexibility index (Phi) is 5.44. The average molecular weight is 397 g/mol. The van der Waals surface area contributed by atoms with Gasteiger partial charge in [-0.15, -0.1) is 11.3 Å². The first-order valence-corrected chi connectivity index (χ1v) is 10.5. The Morgan fingerprint density at radius 1 is 1.54 bits per heavy atom. The molecule has 8 nitrogen and oxygen atoms in total. The zero-order chi connectivity index (χ0) is 18.7. The number of carbonyl (C=O) groups is 1. The minimum Gasteiger partial charge on any atom is -0.445 e. The molecule has 2 atom stereocenters. The number of ether oxygens (including phenoxy) is 1. The van der Waals surface area contributed by atoms with E-state index in [2.05, 4.69) is 11.6 Å². The summed E-state index contributed by atoms with van der Waals surface area (Å²) < 4.78 is 34.9. The highest BCUT2D eigenvalue weighted by Crippen LogP contribution is 2.25. The number of amides is 1. The lowest BCUT2D eigenvalue weighted by Crippen LogP contribution is -2.35. The molecule has 0 bridgehead atoms. The Labute approximate surface area is 155 Å². The molecule has 140 valence electrons. The van der Waals surface area contributed by atoms with Crippen LogP contribution in [0.2, 0.25) is 0 Å². The molecule has 0 saturated carbocycles. The number of hydrogen-bond acceptors (Lipinski definition) is 7. The second-order valence-electron chi connectivity index (χ2n) is 5.88. The van der Waals surface area contributed by atoms with E-state index in [4.69, 9.17) is 8.92 Å². The summed E-state index contributed by atoms with van der Waals surface area (Å²) >= 11 is 1.56. The van der Waals surface area contributed by atoms with Gasteiger partial charge in [-0.3, -0.25) is 13.5 Å². The number of likely N-dealkylation sites (tertiary alicyclic amines) is 1. The standard InChI is InChI=1S/C16H19N3O5S2/c1-3-6-23-16(20)19-9-13(24-26(2,21)22)7-12(19)4-5-14-10-18-11-17-8-15(18)25-14/h3-5,8,10-13H,1,6-7,9H2,2H3/b5-4+/t12-,13-/m1/s1. The van der Waals surface area contributed by atoms with E-state index >= 15 is 0 Å². The van der Waals surface area contributed by atoms with E-state index in [-0.39, 0.29) is 19.2 Å². The molecule has 0 N–H and O–H groups in total. The molecular weight excluding hydrogens is 378 g/mol. The van der Waals surface area contributed by atoms with E-state index in [1.807, 2.05) is 22.7 Å². The lowest BCUT2D eigenvalue weighted by atomic mass is 10.2. The van der Waals surface area contributed by atoms with Crippen LogP contribution in [0.15, 0.2) is 37.5 Å². The second-order valence-corrected chi connectivity index (χ2v) is 8.57. The number of nitrogens with zero attached hydrogens (tertiary/aromatic N) is 3. The van der Waals surface area contributed by atoms with Crippen LogP contribution in [0.5, 0.6) is 0 Å². The van der Waals surface area contributed by atoms with E-state index in [1.165, 1.54) is 11.0 Å². The zero-order valence-corrected chi connectivity index (χ0v) is 15.8. The van der Waals surface area contributed by atoms with Crippen LogP contribution < -0.4 is 0 Å². The summed E-state index contributed by atoms with van der Waals surface area (Å²) in [5.74, 6) is 0. The number of aromatic nitrogens is 2. The monoisotopic (exact) mass is 397 g/mol. The fourth-order valence-electron chi connectivity index (χ4n) is 2.78. The molecule has 3 rings (SSSR count). The molecule has 1 amide bonds. The summed E-state index contributed by atoms with van der Waals surface area (Å²) in [5.41, 5.74) is 0. The van der Waals surface area contributed by atoms with Gasteiger partial charge in [0, 0.05) is 17.5 Å². The highest BCUT2D eigenvalue weighted by Gasteiger charge is 2.37. The van der Waals surface area contributed by atoms with Crippen LogP contribution >= 0.6 is 11.3 Å². The molecule has 0 radical (unpaired) electrons. The lowest BCUT2D eigenvalue weighted by molar-refractivity contribution is 0.109. The minimum atomic E-state index is -3.60. The number of imidazole rings is 1. The third kappa shape index (κ3) is 4.51. The summed E-state index contributed by atoms with van der Waals surface area (Å²) in [6, 6.07) is -0.321. The summed E-state index contributed by atoms with van der Waals surface area (Å²) in [6.45, 7) is 3.75. The van der Waals surface area contributed by atoms with Crippen molar-refractivity contribution in [3.63, 3.8) is 0 Å². The normalized spacial score (nSPS) is 20.9. The molecule has 0 aliphatic carbocycles. The Bertz CT molecular complexity index is 902. The molecular formula is C16H19N3O5S2. The van der Waals surface area contributed by atoms with Gasteiger partial charge in [0.15, 0.2) is 0 Å². The maximum Gasteiger partial charge on any atom is 0.410 e. The van der Waals surface area contributed by atoms with Crippen molar-refractivity contribution in [2.24, 2.45) is 0 Å². The van der Waals surface area contributed by atoms with Gasteiger partial charge in [-0.25, -0.2) is 9.78 Å². The molecule has 10 heteroatoms. The molecule has 1 saturated heterocycles. The summed E-state index contributed by atoms with van der Waals surface area (Å²) in [4.78, 5) is 19.8. The molecule has 3 heterocycles. The van der Waals surface area contributed by atoms with Gasteiger partial charge >= 0.3 is 6.09 Å². The van der Waals surface area contributed by atoms with Gasteiger partial charge in [0.05, 0.1) is 37.5 Å². The smallest absolute Gasteiger partial charge is 0.410 e. The van der Waals surface area contributed by atoms with Gasteiger partial charge < -0.3 is 4.74 Å². The molecule has 0 spiro atoms. The van der Waals surface area contributed by atoms with Gasteiger partial charge in [-0.1, -0.05) is 18.7 Å². The number of rotatable bonds is 6. The van der Waals surface area contributed by atoms with E-state index in [0.29, 0.717) is 6.42 Å². The fraction of sp³-hybridized carbons (Fsp3) is 0.375. The third-order valence-electron chi connectivity index (χ3n) is 3.78. The maximum absolute atomic E-state index is 12.2. The molecule has 2 aromatic rings. The van der Waals surface area contributed by atoms with Crippen LogP contribution in [0.25, 0.3) is 10.9 Å². The van der Waals surface area contributed by atoms with Crippen molar-refractivity contribution in [2.45, 2.75) is 18.6 Å². The summed E-state index contributed by atoms with van der Waals surface area (Å²) in [7, 11) is -3.60. The number of fused-ring (bicyclic) bond motifs is 1. The Morgan fingerprint density at radius 3 is 3.04 bits per heavy atom. The topological polar surface area (TPSA) is 90.2 Å². The van der Waals surface area contributed by atoms with Crippen LogP contribution in [-0.4, -0.2) is 60.3 Å². The van der Waals surface area contributed by atoms with Crippen LogP contribution in [-0.2, 0) is 19.0 Å². The molecule has 2 aromatic heterocycles. The Morgan fingerprint density at radius 2 is 2.35 bits per heavy atom. The molecule has 26 heavy (non-hydrogen) atoms. The van der Waals surface area contributed by atoms with Crippen molar-refractivity contribution >= 4 is 38.5 Å². The summed E-state index contributed by atoms with van der Waals surface area (Å²) in [6.07, 6.45) is 10.9. The highest BCUT2D eigenvalue weighted by atomic mass is 32.2. The van der Waals surface area contributed by atoms with Crippen molar-refractivity contribution in [3.05, 3.63) is 42.3 Å². The zero-order valence-electron chi connectivity index (χ0n) is 14.1. The largest absolute Gasteiger partial charge is 0.445 e. The number of hydrogen-bond donors (Lipinski definition) is 0. The van der Waals surface area contributed by atoms with E-state index < -0.39 is 22.3 Å². The molecule has 0 aromatic carbocycles. The number of carbonyl (C=O) groups excluding carboxylic acids is 1. The van der Waals surface area contributed by atoms with Gasteiger partial charge in [0.2, 0.25) is 0 Å². The quantitative estimate of drug-likeness (QED) is 0.548. The van der Waals surface area contributed by atoms with Crippen LogP contribution in [0.3, 0.4) is 0 Å².